The lowest BCUT2D eigenvalue weighted by molar-refractivity contribution is -0.121. The van der Waals surface area contributed by atoms with Crippen molar-refractivity contribution in [3.05, 3.63) is 36.3 Å². The maximum Gasteiger partial charge on any atom is 0.239 e. The van der Waals surface area contributed by atoms with Gasteiger partial charge in [0.1, 0.15) is 6.54 Å². The third-order valence-electron chi connectivity index (χ3n) is 3.72. The highest BCUT2D eigenvalue weighted by Crippen LogP contribution is 2.34. The Kier molecular flexibility index (Phi) is 3.90. The van der Waals surface area contributed by atoms with E-state index in [9.17, 15) is 4.79 Å². The molecule has 0 atom stereocenters. The van der Waals surface area contributed by atoms with Gasteiger partial charge in [-0.15, -0.1) is 0 Å². The summed E-state index contributed by atoms with van der Waals surface area (Å²) in [5.41, 5.74) is 4.60. The molecule has 0 saturated heterocycles. The summed E-state index contributed by atoms with van der Waals surface area (Å²) in [6.45, 7) is 4.03. The molecule has 21 heavy (non-hydrogen) atoms. The van der Waals surface area contributed by atoms with Crippen molar-refractivity contribution in [1.29, 1.82) is 0 Å². The largest absolute Gasteiger partial charge is 0.384 e. The number of benzene rings is 1. The maximum absolute atomic E-state index is 11.9. The standard InChI is InChI=1S/C16H20N4O/c1-2-7-18-15(21)10-20-11-17-9-14(20)13-5-3-4-12-6-8-19-16(12)13/h3-5,9,11,19H,2,6-8,10H2,1H3,(H,18,21). The van der Waals surface area contributed by atoms with Crippen LogP contribution in [0.4, 0.5) is 5.69 Å². The number of aromatic nitrogens is 2. The van der Waals surface area contributed by atoms with Crippen LogP contribution in [-0.2, 0) is 17.8 Å². The lowest BCUT2D eigenvalue weighted by Gasteiger charge is -2.12. The molecule has 0 spiro atoms. The molecule has 1 aromatic heterocycles. The molecular weight excluding hydrogens is 264 g/mol. The molecule has 3 rings (SSSR count). The molecule has 0 radical (unpaired) electrons. The molecule has 5 heteroatoms. The van der Waals surface area contributed by atoms with Gasteiger partial charge in [-0.1, -0.05) is 25.1 Å². The zero-order valence-corrected chi connectivity index (χ0v) is 12.2. The van der Waals surface area contributed by atoms with Gasteiger partial charge in [-0.25, -0.2) is 4.98 Å². The van der Waals surface area contributed by atoms with Crippen LogP contribution in [0.1, 0.15) is 18.9 Å². The summed E-state index contributed by atoms with van der Waals surface area (Å²) in [5.74, 6) is 0.0247. The first-order chi connectivity index (χ1) is 10.3. The number of rotatable bonds is 5. The van der Waals surface area contributed by atoms with Gasteiger partial charge >= 0.3 is 0 Å². The average molecular weight is 284 g/mol. The van der Waals surface area contributed by atoms with Crippen molar-refractivity contribution in [3.8, 4) is 11.3 Å². The first kappa shape index (κ1) is 13.7. The molecule has 1 amide bonds. The molecule has 1 aromatic carbocycles. The van der Waals surface area contributed by atoms with E-state index in [1.54, 1.807) is 6.33 Å². The lowest BCUT2D eigenvalue weighted by atomic mass is 10.1. The summed E-state index contributed by atoms with van der Waals surface area (Å²) in [7, 11) is 0. The quantitative estimate of drug-likeness (QED) is 0.883. The van der Waals surface area contributed by atoms with Crippen LogP contribution < -0.4 is 10.6 Å². The van der Waals surface area contributed by atoms with E-state index in [0.717, 1.165) is 30.6 Å². The van der Waals surface area contributed by atoms with Crippen LogP contribution in [0.25, 0.3) is 11.3 Å². The van der Waals surface area contributed by atoms with Gasteiger partial charge in [0.15, 0.2) is 0 Å². The number of hydrogen-bond donors (Lipinski definition) is 2. The maximum atomic E-state index is 11.9. The molecule has 0 bridgehead atoms. The molecule has 0 fully saturated rings. The van der Waals surface area contributed by atoms with Crippen LogP contribution in [0.15, 0.2) is 30.7 Å². The van der Waals surface area contributed by atoms with Gasteiger partial charge in [0.25, 0.3) is 0 Å². The smallest absolute Gasteiger partial charge is 0.239 e. The van der Waals surface area contributed by atoms with E-state index in [4.69, 9.17) is 0 Å². The third-order valence-corrected chi connectivity index (χ3v) is 3.72. The van der Waals surface area contributed by atoms with Crippen LogP contribution >= 0.6 is 0 Å². The van der Waals surface area contributed by atoms with Crippen molar-refractivity contribution in [2.24, 2.45) is 0 Å². The summed E-state index contributed by atoms with van der Waals surface area (Å²) < 4.78 is 1.90. The van der Waals surface area contributed by atoms with E-state index in [0.29, 0.717) is 13.1 Å². The van der Waals surface area contributed by atoms with Crippen LogP contribution in [0.2, 0.25) is 0 Å². The van der Waals surface area contributed by atoms with E-state index < -0.39 is 0 Å². The fourth-order valence-electron chi connectivity index (χ4n) is 2.70. The van der Waals surface area contributed by atoms with Crippen molar-refractivity contribution in [3.63, 3.8) is 0 Å². The van der Waals surface area contributed by atoms with Crippen molar-refractivity contribution in [2.45, 2.75) is 26.3 Å². The van der Waals surface area contributed by atoms with E-state index in [2.05, 4.69) is 33.8 Å². The monoisotopic (exact) mass is 284 g/mol. The van der Waals surface area contributed by atoms with Gasteiger partial charge in [0.05, 0.1) is 18.2 Å². The molecule has 2 heterocycles. The molecule has 110 valence electrons. The Bertz CT molecular complexity index is 647. The molecular formula is C16H20N4O. The zero-order valence-electron chi connectivity index (χ0n) is 12.2. The Morgan fingerprint density at radius 1 is 1.48 bits per heavy atom. The molecule has 0 aliphatic carbocycles. The van der Waals surface area contributed by atoms with E-state index in [1.807, 2.05) is 17.7 Å². The number of imidazole rings is 1. The van der Waals surface area contributed by atoms with Gasteiger partial charge in [-0.3, -0.25) is 4.79 Å². The number of fused-ring (bicyclic) bond motifs is 1. The van der Waals surface area contributed by atoms with Crippen LogP contribution in [-0.4, -0.2) is 28.5 Å². The van der Waals surface area contributed by atoms with Gasteiger partial charge in [-0.05, 0) is 18.4 Å². The Hall–Kier alpha value is -2.30. The first-order valence-electron chi connectivity index (χ1n) is 7.42. The van der Waals surface area contributed by atoms with E-state index in [1.165, 1.54) is 11.3 Å². The number of carbonyl (C=O) groups is 1. The van der Waals surface area contributed by atoms with Crippen molar-refractivity contribution >= 4 is 11.6 Å². The van der Waals surface area contributed by atoms with Gasteiger partial charge in [0, 0.05) is 24.3 Å². The molecule has 0 saturated carbocycles. The Balaban J connectivity index is 1.86. The fourth-order valence-corrected chi connectivity index (χ4v) is 2.70. The Morgan fingerprint density at radius 2 is 2.38 bits per heavy atom. The van der Waals surface area contributed by atoms with Gasteiger partial charge < -0.3 is 15.2 Å². The summed E-state index contributed by atoms with van der Waals surface area (Å²) in [6.07, 6.45) is 5.53. The van der Waals surface area contributed by atoms with Crippen molar-refractivity contribution in [2.75, 3.05) is 18.4 Å². The molecule has 2 N–H and O–H groups in total. The summed E-state index contributed by atoms with van der Waals surface area (Å²) in [5, 5.41) is 6.33. The molecule has 2 aromatic rings. The zero-order chi connectivity index (χ0) is 14.7. The lowest BCUT2D eigenvalue weighted by Crippen LogP contribution is -2.28. The second-order valence-corrected chi connectivity index (χ2v) is 5.27. The number of carbonyl (C=O) groups excluding carboxylic acids is 1. The number of nitrogens with one attached hydrogen (secondary N) is 2. The SMILES string of the molecule is CCCNC(=O)Cn1cncc1-c1cccc2c1NCC2. The average Bonchev–Trinajstić information content (AvgIpc) is 3.13. The van der Waals surface area contributed by atoms with Crippen LogP contribution in [0.3, 0.4) is 0 Å². The van der Waals surface area contributed by atoms with Crippen molar-refractivity contribution in [1.82, 2.24) is 14.9 Å². The minimum Gasteiger partial charge on any atom is -0.384 e. The van der Waals surface area contributed by atoms with Gasteiger partial charge in [-0.2, -0.15) is 0 Å². The minimum atomic E-state index is 0.0247. The second kappa shape index (κ2) is 5.99. The minimum absolute atomic E-state index is 0.0247. The Morgan fingerprint density at radius 3 is 3.24 bits per heavy atom. The normalized spacial score (nSPS) is 12.8. The highest BCUT2D eigenvalue weighted by molar-refractivity contribution is 5.81. The predicted octanol–water partition coefficient (Wildman–Crippen LogP) is 2.04. The highest BCUT2D eigenvalue weighted by Gasteiger charge is 2.17. The number of amides is 1. The fraction of sp³-hybridized carbons (Fsp3) is 0.375. The van der Waals surface area contributed by atoms with E-state index >= 15 is 0 Å². The van der Waals surface area contributed by atoms with Crippen LogP contribution in [0.5, 0.6) is 0 Å². The summed E-state index contributed by atoms with van der Waals surface area (Å²) >= 11 is 0. The topological polar surface area (TPSA) is 59.0 Å². The summed E-state index contributed by atoms with van der Waals surface area (Å²) in [6, 6.07) is 6.29. The number of anilines is 1. The highest BCUT2D eigenvalue weighted by atomic mass is 16.1. The van der Waals surface area contributed by atoms with Gasteiger partial charge in [0.2, 0.25) is 5.91 Å². The third kappa shape index (κ3) is 2.77. The number of nitrogens with zero attached hydrogens (tertiary/aromatic N) is 2. The molecule has 5 nitrogen and oxygen atoms in total. The molecule has 1 aliphatic heterocycles. The Labute approximate surface area is 124 Å². The predicted molar refractivity (Wildman–Crippen MR) is 83.2 cm³/mol. The number of para-hydroxylation sites is 1. The first-order valence-corrected chi connectivity index (χ1v) is 7.42. The number of hydrogen-bond acceptors (Lipinski definition) is 3. The second-order valence-electron chi connectivity index (χ2n) is 5.27. The molecule has 1 aliphatic rings. The molecule has 0 unspecified atom stereocenters. The summed E-state index contributed by atoms with van der Waals surface area (Å²) in [4.78, 5) is 16.1. The van der Waals surface area contributed by atoms with Crippen LogP contribution in [0, 0.1) is 0 Å². The van der Waals surface area contributed by atoms with Crippen molar-refractivity contribution < 1.29 is 4.79 Å². The van der Waals surface area contributed by atoms with E-state index in [-0.39, 0.29) is 5.91 Å².